The van der Waals surface area contributed by atoms with Crippen molar-refractivity contribution in [2.24, 2.45) is 11.3 Å². The zero-order chi connectivity index (χ0) is 9.03. The SMILES string of the molecule is CNCC1(C(C)CCOC)CC1. The molecule has 0 radical (unpaired) electrons. The first kappa shape index (κ1) is 10.0. The van der Waals surface area contributed by atoms with Gasteiger partial charge in [0.2, 0.25) is 0 Å². The Bertz CT molecular complexity index is 132. The second-order valence-corrected chi connectivity index (χ2v) is 4.08. The summed E-state index contributed by atoms with van der Waals surface area (Å²) in [5.74, 6) is 0.810. The Labute approximate surface area is 75.7 Å². The van der Waals surface area contributed by atoms with Crippen molar-refractivity contribution in [2.75, 3.05) is 27.3 Å². The Hall–Kier alpha value is -0.0800. The molecule has 0 aromatic rings. The van der Waals surface area contributed by atoms with Gasteiger partial charge < -0.3 is 10.1 Å². The summed E-state index contributed by atoms with van der Waals surface area (Å²) in [4.78, 5) is 0. The van der Waals surface area contributed by atoms with E-state index in [1.807, 2.05) is 7.05 Å². The molecule has 0 amide bonds. The zero-order valence-corrected chi connectivity index (χ0v) is 8.52. The highest BCUT2D eigenvalue weighted by Crippen LogP contribution is 2.52. The molecule has 0 aromatic carbocycles. The quantitative estimate of drug-likeness (QED) is 0.656. The van der Waals surface area contributed by atoms with Gasteiger partial charge in [0.05, 0.1) is 0 Å². The summed E-state index contributed by atoms with van der Waals surface area (Å²) in [6, 6.07) is 0. The molecule has 0 heterocycles. The van der Waals surface area contributed by atoms with Crippen LogP contribution in [0.3, 0.4) is 0 Å². The second-order valence-electron chi connectivity index (χ2n) is 4.08. The van der Waals surface area contributed by atoms with Crippen LogP contribution in [-0.4, -0.2) is 27.3 Å². The molecule has 0 aromatic heterocycles. The predicted molar refractivity (Wildman–Crippen MR) is 51.3 cm³/mol. The summed E-state index contributed by atoms with van der Waals surface area (Å²) in [7, 11) is 3.83. The van der Waals surface area contributed by atoms with E-state index in [2.05, 4.69) is 12.2 Å². The molecule has 0 aliphatic heterocycles. The molecule has 2 heteroatoms. The molecule has 1 atom stereocenters. The molecule has 1 fully saturated rings. The van der Waals surface area contributed by atoms with Crippen molar-refractivity contribution in [3.8, 4) is 0 Å². The monoisotopic (exact) mass is 171 g/mol. The van der Waals surface area contributed by atoms with Crippen LogP contribution in [-0.2, 0) is 4.74 Å². The van der Waals surface area contributed by atoms with E-state index in [-0.39, 0.29) is 0 Å². The molecular formula is C10H21NO. The molecule has 2 nitrogen and oxygen atoms in total. The summed E-state index contributed by atoms with van der Waals surface area (Å²) < 4.78 is 5.09. The third-order valence-electron chi connectivity index (χ3n) is 3.22. The van der Waals surface area contributed by atoms with Crippen LogP contribution in [0.25, 0.3) is 0 Å². The minimum atomic E-state index is 0.618. The lowest BCUT2D eigenvalue weighted by molar-refractivity contribution is 0.159. The van der Waals surface area contributed by atoms with Gasteiger partial charge in [-0.15, -0.1) is 0 Å². The number of hydrogen-bond donors (Lipinski definition) is 1. The smallest absolute Gasteiger partial charge is 0.0465 e. The van der Waals surface area contributed by atoms with Crippen LogP contribution in [0.4, 0.5) is 0 Å². The molecule has 1 N–H and O–H groups in total. The first-order chi connectivity index (χ1) is 5.75. The van der Waals surface area contributed by atoms with Crippen LogP contribution >= 0.6 is 0 Å². The van der Waals surface area contributed by atoms with Crippen molar-refractivity contribution < 1.29 is 4.74 Å². The minimum Gasteiger partial charge on any atom is -0.385 e. The molecule has 0 bridgehead atoms. The second kappa shape index (κ2) is 4.24. The predicted octanol–water partition coefficient (Wildman–Crippen LogP) is 1.66. The average Bonchev–Trinajstić information content (AvgIpc) is 2.82. The molecule has 0 spiro atoms. The van der Waals surface area contributed by atoms with Gasteiger partial charge in [-0.05, 0) is 37.6 Å². The lowest BCUT2D eigenvalue weighted by atomic mass is 9.88. The van der Waals surface area contributed by atoms with Crippen LogP contribution in [0.1, 0.15) is 26.2 Å². The van der Waals surface area contributed by atoms with E-state index < -0.39 is 0 Å². The van der Waals surface area contributed by atoms with Crippen molar-refractivity contribution in [3.63, 3.8) is 0 Å². The Kier molecular flexibility index (Phi) is 3.53. The topological polar surface area (TPSA) is 21.3 Å². The van der Waals surface area contributed by atoms with Crippen molar-refractivity contribution in [1.29, 1.82) is 0 Å². The Morgan fingerprint density at radius 2 is 2.17 bits per heavy atom. The summed E-state index contributed by atoms with van der Waals surface area (Å²) in [6.45, 7) is 4.44. The third-order valence-corrected chi connectivity index (χ3v) is 3.22. The van der Waals surface area contributed by atoms with Gasteiger partial charge in [-0.1, -0.05) is 6.92 Å². The van der Waals surface area contributed by atoms with Gasteiger partial charge in [0.1, 0.15) is 0 Å². The molecule has 1 aliphatic rings. The highest BCUT2D eigenvalue weighted by atomic mass is 16.5. The molecule has 0 saturated heterocycles. The summed E-state index contributed by atoms with van der Waals surface area (Å²) in [5, 5.41) is 3.29. The maximum absolute atomic E-state index is 5.09. The maximum atomic E-state index is 5.09. The van der Waals surface area contributed by atoms with E-state index >= 15 is 0 Å². The van der Waals surface area contributed by atoms with Gasteiger partial charge in [-0.3, -0.25) is 0 Å². The van der Waals surface area contributed by atoms with Gasteiger partial charge in [0.15, 0.2) is 0 Å². The van der Waals surface area contributed by atoms with Gasteiger partial charge in [-0.25, -0.2) is 0 Å². The third kappa shape index (κ3) is 2.20. The minimum absolute atomic E-state index is 0.618. The maximum Gasteiger partial charge on any atom is 0.0465 e. The van der Waals surface area contributed by atoms with E-state index in [0.717, 1.165) is 12.5 Å². The van der Waals surface area contributed by atoms with Crippen molar-refractivity contribution in [1.82, 2.24) is 5.32 Å². The summed E-state index contributed by atoms with van der Waals surface area (Å²) in [6.07, 6.45) is 4.01. The Morgan fingerprint density at radius 3 is 2.58 bits per heavy atom. The van der Waals surface area contributed by atoms with Crippen LogP contribution in [0.5, 0.6) is 0 Å². The molecule has 1 aliphatic carbocycles. The first-order valence-corrected chi connectivity index (χ1v) is 4.89. The van der Waals surface area contributed by atoms with E-state index in [1.54, 1.807) is 7.11 Å². The molecule has 72 valence electrons. The Balaban J connectivity index is 2.25. The summed E-state index contributed by atoms with van der Waals surface area (Å²) in [5.41, 5.74) is 0.618. The van der Waals surface area contributed by atoms with Crippen molar-refractivity contribution >= 4 is 0 Å². The largest absolute Gasteiger partial charge is 0.385 e. The number of rotatable bonds is 6. The van der Waals surface area contributed by atoms with Gasteiger partial charge in [0.25, 0.3) is 0 Å². The normalized spacial score (nSPS) is 22.2. The molecular weight excluding hydrogens is 150 g/mol. The molecule has 1 unspecified atom stereocenters. The molecule has 1 saturated carbocycles. The fourth-order valence-electron chi connectivity index (χ4n) is 1.96. The van der Waals surface area contributed by atoms with Crippen molar-refractivity contribution in [2.45, 2.75) is 26.2 Å². The lowest BCUT2D eigenvalue weighted by Gasteiger charge is -2.22. The number of hydrogen-bond acceptors (Lipinski definition) is 2. The average molecular weight is 171 g/mol. The zero-order valence-electron chi connectivity index (χ0n) is 8.52. The molecule has 12 heavy (non-hydrogen) atoms. The van der Waals surface area contributed by atoms with Crippen LogP contribution < -0.4 is 5.32 Å². The van der Waals surface area contributed by atoms with Gasteiger partial charge >= 0.3 is 0 Å². The van der Waals surface area contributed by atoms with E-state index in [0.29, 0.717) is 5.41 Å². The van der Waals surface area contributed by atoms with Gasteiger partial charge in [0, 0.05) is 20.3 Å². The number of nitrogens with one attached hydrogen (secondary N) is 1. The highest BCUT2D eigenvalue weighted by molar-refractivity contribution is 4.98. The fraction of sp³-hybridized carbons (Fsp3) is 1.00. The van der Waals surface area contributed by atoms with Crippen molar-refractivity contribution in [3.05, 3.63) is 0 Å². The number of ether oxygens (including phenoxy) is 1. The lowest BCUT2D eigenvalue weighted by Crippen LogP contribution is -2.26. The Morgan fingerprint density at radius 1 is 1.50 bits per heavy atom. The van der Waals surface area contributed by atoms with Gasteiger partial charge in [-0.2, -0.15) is 0 Å². The first-order valence-electron chi connectivity index (χ1n) is 4.89. The van der Waals surface area contributed by atoms with E-state index in [1.165, 1.54) is 25.8 Å². The highest BCUT2D eigenvalue weighted by Gasteiger charge is 2.45. The summed E-state index contributed by atoms with van der Waals surface area (Å²) >= 11 is 0. The van der Waals surface area contributed by atoms with Crippen LogP contribution in [0.2, 0.25) is 0 Å². The van der Waals surface area contributed by atoms with Crippen LogP contribution in [0, 0.1) is 11.3 Å². The van der Waals surface area contributed by atoms with E-state index in [9.17, 15) is 0 Å². The van der Waals surface area contributed by atoms with Crippen LogP contribution in [0.15, 0.2) is 0 Å². The standard InChI is InChI=1S/C10H21NO/c1-9(4-7-12-3)10(5-6-10)8-11-2/h9,11H,4-8H2,1-3H3. The number of methoxy groups -OCH3 is 1. The molecule has 1 rings (SSSR count). The van der Waals surface area contributed by atoms with E-state index in [4.69, 9.17) is 4.74 Å². The fourth-order valence-corrected chi connectivity index (χ4v) is 1.96.